The summed E-state index contributed by atoms with van der Waals surface area (Å²) < 4.78 is 4.23. The monoisotopic (exact) mass is 233 g/mol. The first-order valence-corrected chi connectivity index (χ1v) is 5.97. The Morgan fingerprint density at radius 1 is 1.35 bits per heavy atom. The van der Waals surface area contributed by atoms with E-state index in [0.717, 1.165) is 19.6 Å². The number of hydrogen-bond acceptors (Lipinski definition) is 3. The van der Waals surface area contributed by atoms with Crippen LogP contribution in [0.15, 0.2) is 31.2 Å². The zero-order valence-electron chi connectivity index (χ0n) is 10.4. The highest BCUT2D eigenvalue weighted by Crippen LogP contribution is 2.00. The Morgan fingerprint density at radius 3 is 2.94 bits per heavy atom. The van der Waals surface area contributed by atoms with E-state index in [4.69, 9.17) is 0 Å². The van der Waals surface area contributed by atoms with Crippen LogP contribution in [-0.2, 0) is 19.6 Å². The zero-order valence-corrected chi connectivity index (χ0v) is 10.4. The third-order valence-electron chi connectivity index (χ3n) is 2.81. The van der Waals surface area contributed by atoms with Crippen molar-refractivity contribution in [1.29, 1.82) is 0 Å². The second-order valence-corrected chi connectivity index (χ2v) is 4.21. The van der Waals surface area contributed by atoms with Gasteiger partial charge in [-0.3, -0.25) is 0 Å². The summed E-state index contributed by atoms with van der Waals surface area (Å²) >= 11 is 0. The fourth-order valence-corrected chi connectivity index (χ4v) is 1.83. The summed E-state index contributed by atoms with van der Waals surface area (Å²) in [5, 5.41) is 3.49. The second kappa shape index (κ2) is 5.63. The number of aromatic nitrogens is 4. The van der Waals surface area contributed by atoms with Crippen molar-refractivity contribution >= 4 is 0 Å². The lowest BCUT2D eigenvalue weighted by Crippen LogP contribution is -2.30. The third kappa shape index (κ3) is 3.17. The molecule has 0 fully saturated rings. The van der Waals surface area contributed by atoms with Crippen LogP contribution >= 0.6 is 0 Å². The normalized spacial score (nSPS) is 12.8. The highest BCUT2D eigenvalue weighted by molar-refractivity contribution is 4.97. The van der Waals surface area contributed by atoms with Gasteiger partial charge in [0.25, 0.3) is 0 Å². The molecule has 0 aliphatic heterocycles. The van der Waals surface area contributed by atoms with Gasteiger partial charge in [0, 0.05) is 44.3 Å². The molecule has 2 aromatic heterocycles. The largest absolute Gasteiger partial charge is 0.336 e. The quantitative estimate of drug-likeness (QED) is 0.817. The molecule has 1 N–H and O–H groups in total. The van der Waals surface area contributed by atoms with E-state index in [1.54, 1.807) is 6.20 Å². The van der Waals surface area contributed by atoms with E-state index in [-0.39, 0.29) is 0 Å². The molecule has 1 atom stereocenters. The lowest BCUT2D eigenvalue weighted by Gasteiger charge is -2.14. The molecule has 2 rings (SSSR count). The maximum absolute atomic E-state index is 4.15. The van der Waals surface area contributed by atoms with E-state index in [0.29, 0.717) is 6.04 Å². The van der Waals surface area contributed by atoms with Crippen molar-refractivity contribution in [3.8, 4) is 0 Å². The van der Waals surface area contributed by atoms with Crippen LogP contribution in [0, 0.1) is 0 Å². The van der Waals surface area contributed by atoms with Crippen molar-refractivity contribution in [2.45, 2.75) is 39.5 Å². The first-order valence-electron chi connectivity index (χ1n) is 5.97. The van der Waals surface area contributed by atoms with Crippen LogP contribution in [0.4, 0.5) is 0 Å². The van der Waals surface area contributed by atoms with Gasteiger partial charge < -0.3 is 14.5 Å². The molecular formula is C12H19N5. The molecule has 5 heteroatoms. The maximum atomic E-state index is 4.15. The van der Waals surface area contributed by atoms with Gasteiger partial charge >= 0.3 is 0 Å². The summed E-state index contributed by atoms with van der Waals surface area (Å²) in [6, 6.07) is 0.407. The van der Waals surface area contributed by atoms with Crippen LogP contribution < -0.4 is 5.32 Å². The molecule has 0 aromatic carbocycles. The van der Waals surface area contributed by atoms with Crippen molar-refractivity contribution < 1.29 is 0 Å². The fourth-order valence-electron chi connectivity index (χ4n) is 1.83. The number of aryl methyl sites for hydroxylation is 1. The Hall–Kier alpha value is -1.62. The predicted molar refractivity (Wildman–Crippen MR) is 66.4 cm³/mol. The molecular weight excluding hydrogens is 214 g/mol. The van der Waals surface area contributed by atoms with Crippen LogP contribution in [0.1, 0.15) is 19.5 Å². The Balaban J connectivity index is 1.82. The molecule has 0 amide bonds. The van der Waals surface area contributed by atoms with Crippen LogP contribution in [0.3, 0.4) is 0 Å². The summed E-state index contributed by atoms with van der Waals surface area (Å²) in [7, 11) is 0. The lowest BCUT2D eigenvalue weighted by atomic mass is 10.3. The number of hydrogen-bond donors (Lipinski definition) is 1. The maximum Gasteiger partial charge on any atom is 0.0948 e. The molecule has 0 saturated heterocycles. The number of nitrogens with zero attached hydrogens (tertiary/aromatic N) is 4. The van der Waals surface area contributed by atoms with Gasteiger partial charge in [0.1, 0.15) is 0 Å². The van der Waals surface area contributed by atoms with E-state index in [9.17, 15) is 0 Å². The molecule has 0 aliphatic carbocycles. The summed E-state index contributed by atoms with van der Waals surface area (Å²) in [6.07, 6.45) is 9.42. The smallest absolute Gasteiger partial charge is 0.0948 e. The molecule has 0 spiro atoms. The summed E-state index contributed by atoms with van der Waals surface area (Å²) in [5.41, 5.74) is 1.23. The SMILES string of the molecule is CCn1cncc1CNC(C)Cn1ccnc1. The summed E-state index contributed by atoms with van der Waals surface area (Å²) in [6.45, 7) is 7.05. The number of imidazole rings is 2. The van der Waals surface area contributed by atoms with Gasteiger partial charge in [-0.05, 0) is 13.8 Å². The van der Waals surface area contributed by atoms with Gasteiger partial charge in [-0.25, -0.2) is 9.97 Å². The summed E-state index contributed by atoms with van der Waals surface area (Å²) in [5.74, 6) is 0. The van der Waals surface area contributed by atoms with Crippen molar-refractivity contribution in [3.63, 3.8) is 0 Å². The molecule has 92 valence electrons. The van der Waals surface area contributed by atoms with Crippen molar-refractivity contribution in [3.05, 3.63) is 36.9 Å². The van der Waals surface area contributed by atoms with E-state index >= 15 is 0 Å². The first kappa shape index (κ1) is 11.9. The zero-order chi connectivity index (χ0) is 12.1. The average Bonchev–Trinajstić information content (AvgIpc) is 2.96. The van der Waals surface area contributed by atoms with Gasteiger partial charge in [-0.1, -0.05) is 0 Å². The highest BCUT2D eigenvalue weighted by Gasteiger charge is 2.04. The molecule has 0 bridgehead atoms. The molecule has 2 aromatic rings. The average molecular weight is 233 g/mol. The topological polar surface area (TPSA) is 47.7 Å². The molecule has 17 heavy (non-hydrogen) atoms. The van der Waals surface area contributed by atoms with Gasteiger partial charge in [0.15, 0.2) is 0 Å². The number of rotatable bonds is 6. The lowest BCUT2D eigenvalue weighted by molar-refractivity contribution is 0.467. The fraction of sp³-hybridized carbons (Fsp3) is 0.500. The third-order valence-corrected chi connectivity index (χ3v) is 2.81. The van der Waals surface area contributed by atoms with Gasteiger partial charge in [0.2, 0.25) is 0 Å². The van der Waals surface area contributed by atoms with Crippen LogP contribution in [0.5, 0.6) is 0 Å². The Labute approximate surface area is 102 Å². The molecule has 1 unspecified atom stereocenters. The van der Waals surface area contributed by atoms with Crippen molar-refractivity contribution in [2.24, 2.45) is 0 Å². The van der Waals surface area contributed by atoms with E-state index in [1.807, 2.05) is 25.0 Å². The Morgan fingerprint density at radius 2 is 2.24 bits per heavy atom. The Bertz CT molecular complexity index is 431. The van der Waals surface area contributed by atoms with Gasteiger partial charge in [-0.15, -0.1) is 0 Å². The van der Waals surface area contributed by atoms with Crippen molar-refractivity contribution in [2.75, 3.05) is 0 Å². The second-order valence-electron chi connectivity index (χ2n) is 4.21. The molecule has 0 aliphatic rings. The number of nitrogens with one attached hydrogen (secondary N) is 1. The standard InChI is InChI=1S/C12H19N5/c1-3-17-10-14-6-12(17)7-15-11(2)8-16-5-4-13-9-16/h4-6,9-11,15H,3,7-8H2,1-2H3. The predicted octanol–water partition coefficient (Wildman–Crippen LogP) is 1.28. The van der Waals surface area contributed by atoms with Crippen LogP contribution in [-0.4, -0.2) is 25.1 Å². The van der Waals surface area contributed by atoms with E-state index in [1.165, 1.54) is 5.69 Å². The van der Waals surface area contributed by atoms with Crippen LogP contribution in [0.2, 0.25) is 0 Å². The minimum absolute atomic E-state index is 0.407. The molecule has 0 saturated carbocycles. The van der Waals surface area contributed by atoms with Crippen LogP contribution in [0.25, 0.3) is 0 Å². The first-order chi connectivity index (χ1) is 8.29. The minimum Gasteiger partial charge on any atom is -0.336 e. The van der Waals surface area contributed by atoms with Gasteiger partial charge in [0.05, 0.1) is 18.3 Å². The van der Waals surface area contributed by atoms with Gasteiger partial charge in [-0.2, -0.15) is 0 Å². The van der Waals surface area contributed by atoms with E-state index in [2.05, 4.69) is 38.3 Å². The molecule has 2 heterocycles. The minimum atomic E-state index is 0.407. The highest BCUT2D eigenvalue weighted by atomic mass is 15.1. The molecule has 5 nitrogen and oxygen atoms in total. The van der Waals surface area contributed by atoms with E-state index < -0.39 is 0 Å². The molecule has 0 radical (unpaired) electrons. The van der Waals surface area contributed by atoms with Crippen molar-refractivity contribution in [1.82, 2.24) is 24.4 Å². The Kier molecular flexibility index (Phi) is 3.93. The summed E-state index contributed by atoms with van der Waals surface area (Å²) in [4.78, 5) is 8.19.